The van der Waals surface area contributed by atoms with Gasteiger partial charge in [0.2, 0.25) is 0 Å². The molecule has 0 radical (unpaired) electrons. The third-order valence-corrected chi connectivity index (χ3v) is 6.23. The number of carbonyl (C=O) groups excluding carboxylic acids is 2. The lowest BCUT2D eigenvalue weighted by atomic mass is 9.67. The Bertz CT molecular complexity index is 741. The Balaban J connectivity index is 1.70. The lowest BCUT2D eigenvalue weighted by Crippen LogP contribution is -2.49. The van der Waals surface area contributed by atoms with Crippen molar-refractivity contribution in [1.29, 1.82) is 0 Å². The average Bonchev–Trinajstić information content (AvgIpc) is 3.35. The number of carbonyl (C=O) groups is 2. The summed E-state index contributed by atoms with van der Waals surface area (Å²) in [5.41, 5.74) is 3.26. The summed E-state index contributed by atoms with van der Waals surface area (Å²) < 4.78 is 5.14. The molecule has 3 aliphatic rings. The summed E-state index contributed by atoms with van der Waals surface area (Å²) in [5.74, 6) is 0.185. The van der Waals surface area contributed by atoms with Gasteiger partial charge in [-0.05, 0) is 69.2 Å². The topological polar surface area (TPSA) is 75.6 Å². The van der Waals surface area contributed by atoms with Gasteiger partial charge in [-0.1, -0.05) is 5.57 Å². The second-order valence-electron chi connectivity index (χ2n) is 7.56. The third kappa shape index (κ3) is 2.91. The van der Waals surface area contributed by atoms with Crippen LogP contribution in [-0.4, -0.2) is 41.6 Å². The number of Topliss-reactive ketones (excluding diaryl/α,β-unsaturated/α-hetero) is 1. The van der Waals surface area contributed by atoms with Crippen LogP contribution in [0.3, 0.4) is 0 Å². The molecule has 1 amide bonds. The number of amides is 1. The number of hydrogen-bond donors (Lipinski definition) is 2. The Kier molecular flexibility index (Phi) is 5.06. The van der Waals surface area contributed by atoms with Gasteiger partial charge >= 0.3 is 6.09 Å². The van der Waals surface area contributed by atoms with Crippen molar-refractivity contribution in [2.24, 2.45) is 5.41 Å². The van der Waals surface area contributed by atoms with Crippen molar-refractivity contribution >= 4 is 23.5 Å². The van der Waals surface area contributed by atoms with Gasteiger partial charge in [-0.2, -0.15) is 0 Å². The highest BCUT2D eigenvalue weighted by molar-refractivity contribution is 6.18. The molecule has 142 valence electrons. The zero-order valence-electron chi connectivity index (χ0n) is 15.6. The molecule has 0 aliphatic heterocycles. The zero-order valence-corrected chi connectivity index (χ0v) is 16.3. The molecule has 3 aliphatic carbocycles. The smallest absolute Gasteiger partial charge is 0.407 e. The Morgan fingerprint density at radius 2 is 2.08 bits per heavy atom. The van der Waals surface area contributed by atoms with Crippen molar-refractivity contribution in [3.05, 3.63) is 33.9 Å². The fraction of sp³-hybridized carbons (Fsp3) is 0.600. The number of halogens is 1. The van der Waals surface area contributed by atoms with Crippen LogP contribution in [0.5, 0.6) is 0 Å². The second kappa shape index (κ2) is 6.86. The Morgan fingerprint density at radius 3 is 2.69 bits per heavy atom. The first-order valence-corrected chi connectivity index (χ1v) is 9.67. The number of ketones is 1. The van der Waals surface area contributed by atoms with Gasteiger partial charge in [0.1, 0.15) is 5.60 Å². The van der Waals surface area contributed by atoms with E-state index in [1.165, 1.54) is 0 Å². The van der Waals surface area contributed by atoms with Gasteiger partial charge in [0.15, 0.2) is 5.78 Å². The molecule has 2 N–H and O–H groups in total. The van der Waals surface area contributed by atoms with Crippen LogP contribution in [0.4, 0.5) is 4.79 Å². The zero-order chi connectivity index (χ0) is 19.1. The molecule has 0 aromatic carbocycles. The summed E-state index contributed by atoms with van der Waals surface area (Å²) in [6.07, 6.45) is 4.55. The van der Waals surface area contributed by atoms with E-state index in [2.05, 4.69) is 5.32 Å². The Hall–Kier alpha value is -1.59. The maximum Gasteiger partial charge on any atom is 0.407 e. The number of rotatable bonds is 6. The highest BCUT2D eigenvalue weighted by Gasteiger charge is 2.64. The average molecular weight is 380 g/mol. The van der Waals surface area contributed by atoms with E-state index in [0.717, 1.165) is 41.6 Å². The van der Waals surface area contributed by atoms with Crippen LogP contribution >= 0.6 is 11.6 Å². The van der Waals surface area contributed by atoms with E-state index in [9.17, 15) is 14.7 Å². The molecule has 0 bridgehead atoms. The number of fused-ring (bicyclic) bond motifs is 1. The summed E-state index contributed by atoms with van der Waals surface area (Å²) in [4.78, 5) is 24.3. The van der Waals surface area contributed by atoms with Crippen LogP contribution in [0.25, 0.3) is 0 Å². The van der Waals surface area contributed by atoms with Crippen LogP contribution in [0, 0.1) is 5.41 Å². The van der Waals surface area contributed by atoms with Gasteiger partial charge in [-0.3, -0.25) is 4.79 Å². The van der Waals surface area contributed by atoms with E-state index >= 15 is 0 Å². The molecule has 0 unspecified atom stereocenters. The normalized spacial score (nSPS) is 26.2. The van der Waals surface area contributed by atoms with E-state index in [1.54, 1.807) is 6.92 Å². The molecule has 3 rings (SSSR count). The summed E-state index contributed by atoms with van der Waals surface area (Å²) >= 11 is 5.52. The van der Waals surface area contributed by atoms with E-state index in [4.69, 9.17) is 16.3 Å². The van der Waals surface area contributed by atoms with Crippen LogP contribution in [0.15, 0.2) is 33.9 Å². The molecule has 26 heavy (non-hydrogen) atoms. The fourth-order valence-electron chi connectivity index (χ4n) is 4.35. The van der Waals surface area contributed by atoms with Crippen molar-refractivity contribution in [3.8, 4) is 0 Å². The van der Waals surface area contributed by atoms with E-state index < -0.39 is 17.1 Å². The molecule has 1 fully saturated rings. The SMILES string of the molecule is CC1=C(CCCOC(=O)NCCCl)C2=C(C)C3(CC3)[C@@](C)(O)C(=O)C2=C1. The number of hydrogen-bond acceptors (Lipinski definition) is 4. The van der Waals surface area contributed by atoms with E-state index in [-0.39, 0.29) is 5.78 Å². The molecule has 0 aromatic rings. The quantitative estimate of drug-likeness (QED) is 0.547. The number of alkyl halides is 1. The van der Waals surface area contributed by atoms with Crippen LogP contribution in [-0.2, 0) is 9.53 Å². The highest BCUT2D eigenvalue weighted by Crippen LogP contribution is 2.65. The van der Waals surface area contributed by atoms with Gasteiger partial charge < -0.3 is 15.2 Å². The van der Waals surface area contributed by atoms with Crippen LogP contribution in [0.1, 0.15) is 46.5 Å². The summed E-state index contributed by atoms with van der Waals surface area (Å²) in [7, 11) is 0. The van der Waals surface area contributed by atoms with Gasteiger partial charge in [0.05, 0.1) is 6.61 Å². The summed E-state index contributed by atoms with van der Waals surface area (Å²) in [6.45, 7) is 6.39. The van der Waals surface area contributed by atoms with Crippen LogP contribution in [0.2, 0.25) is 0 Å². The number of aliphatic hydroxyl groups is 1. The molecule has 1 saturated carbocycles. The van der Waals surface area contributed by atoms with Gasteiger partial charge in [0.25, 0.3) is 0 Å². The summed E-state index contributed by atoms with van der Waals surface area (Å²) in [6, 6.07) is 0. The van der Waals surface area contributed by atoms with Gasteiger partial charge in [-0.25, -0.2) is 4.79 Å². The highest BCUT2D eigenvalue weighted by atomic mass is 35.5. The predicted octanol–water partition coefficient (Wildman–Crippen LogP) is 3.42. The maximum absolute atomic E-state index is 12.9. The number of alkyl carbamates (subject to hydrolysis) is 1. The van der Waals surface area contributed by atoms with Crippen molar-refractivity contribution < 1.29 is 19.4 Å². The Morgan fingerprint density at radius 1 is 1.38 bits per heavy atom. The Labute approximate surface area is 159 Å². The molecule has 1 spiro atoms. The maximum atomic E-state index is 12.9. The number of ether oxygens (including phenoxy) is 1. The van der Waals surface area contributed by atoms with Crippen molar-refractivity contribution in [1.82, 2.24) is 5.32 Å². The standard InChI is InChI=1S/C20H26ClNO4/c1-12-11-15-16(13(2)20(6-7-20)19(3,25)17(15)23)14(12)5-4-10-26-18(24)22-9-8-21/h11,25H,4-10H2,1-3H3,(H,22,24)/t19-/m0/s1. The largest absolute Gasteiger partial charge is 0.450 e. The minimum Gasteiger partial charge on any atom is -0.450 e. The summed E-state index contributed by atoms with van der Waals surface area (Å²) in [5, 5.41) is 13.4. The lowest BCUT2D eigenvalue weighted by molar-refractivity contribution is -0.137. The van der Waals surface area contributed by atoms with Crippen molar-refractivity contribution in [3.63, 3.8) is 0 Å². The minimum absolute atomic E-state index is 0.165. The van der Waals surface area contributed by atoms with Gasteiger partial charge in [-0.15, -0.1) is 11.6 Å². The first kappa shape index (κ1) is 19.2. The number of allylic oxidation sites excluding steroid dienone is 4. The van der Waals surface area contributed by atoms with Gasteiger partial charge in [0, 0.05) is 23.4 Å². The van der Waals surface area contributed by atoms with Crippen molar-refractivity contribution in [2.45, 2.75) is 52.1 Å². The molecule has 0 aromatic heterocycles. The molecular weight excluding hydrogens is 354 g/mol. The number of nitrogens with one attached hydrogen (secondary N) is 1. The molecule has 6 heteroatoms. The predicted molar refractivity (Wildman–Crippen MR) is 100 cm³/mol. The fourth-order valence-corrected chi connectivity index (χ4v) is 4.44. The lowest BCUT2D eigenvalue weighted by Gasteiger charge is -2.39. The molecular formula is C20H26ClNO4. The second-order valence-corrected chi connectivity index (χ2v) is 7.94. The molecule has 1 atom stereocenters. The first-order valence-electron chi connectivity index (χ1n) is 9.13. The molecule has 5 nitrogen and oxygen atoms in total. The van der Waals surface area contributed by atoms with E-state index in [0.29, 0.717) is 31.0 Å². The third-order valence-electron chi connectivity index (χ3n) is 6.04. The monoisotopic (exact) mass is 379 g/mol. The van der Waals surface area contributed by atoms with E-state index in [1.807, 2.05) is 19.9 Å². The van der Waals surface area contributed by atoms with Crippen molar-refractivity contribution in [2.75, 3.05) is 19.0 Å². The van der Waals surface area contributed by atoms with Crippen LogP contribution < -0.4 is 5.32 Å². The first-order chi connectivity index (χ1) is 12.3. The minimum atomic E-state index is -1.31. The molecule has 0 saturated heterocycles. The molecule has 0 heterocycles.